The summed E-state index contributed by atoms with van der Waals surface area (Å²) in [5.41, 5.74) is 3.04. The van der Waals surface area contributed by atoms with Crippen molar-refractivity contribution in [3.8, 4) is 0 Å². The lowest BCUT2D eigenvalue weighted by molar-refractivity contribution is -0.131. The first-order chi connectivity index (χ1) is 14.0. The predicted octanol–water partition coefficient (Wildman–Crippen LogP) is 2.53. The summed E-state index contributed by atoms with van der Waals surface area (Å²) in [6, 6.07) is 6.65. The number of nitrogens with one attached hydrogen (secondary N) is 1. The van der Waals surface area contributed by atoms with Crippen molar-refractivity contribution in [1.29, 1.82) is 0 Å². The molecule has 2 fully saturated rings. The molecule has 2 saturated heterocycles. The highest BCUT2D eigenvalue weighted by Crippen LogP contribution is 2.23. The molecule has 1 N–H and O–H groups in total. The molecule has 2 heterocycles. The van der Waals surface area contributed by atoms with Gasteiger partial charge in [0.15, 0.2) is 0 Å². The maximum absolute atomic E-state index is 12.6. The SMILES string of the molecule is CC(=O)N1CCCC(N(CCNC(=O)c2ccc(C)c(C)c2)C2CCOCC2)C1. The summed E-state index contributed by atoms with van der Waals surface area (Å²) in [4.78, 5) is 29.0. The molecule has 29 heavy (non-hydrogen) atoms. The van der Waals surface area contributed by atoms with Gasteiger partial charge in [-0.1, -0.05) is 6.07 Å². The molecule has 1 aromatic rings. The van der Waals surface area contributed by atoms with Gasteiger partial charge in [-0.25, -0.2) is 0 Å². The summed E-state index contributed by atoms with van der Waals surface area (Å²) < 4.78 is 5.56. The molecule has 3 rings (SSSR count). The molecule has 1 aromatic carbocycles. The van der Waals surface area contributed by atoms with E-state index in [0.717, 1.165) is 64.1 Å². The van der Waals surface area contributed by atoms with Gasteiger partial charge in [-0.3, -0.25) is 14.5 Å². The van der Waals surface area contributed by atoms with Gasteiger partial charge in [-0.05, 0) is 62.8 Å². The molecule has 1 unspecified atom stereocenters. The lowest BCUT2D eigenvalue weighted by Gasteiger charge is -2.44. The second kappa shape index (κ2) is 10.2. The van der Waals surface area contributed by atoms with Gasteiger partial charge in [-0.15, -0.1) is 0 Å². The van der Waals surface area contributed by atoms with Crippen LogP contribution in [0.3, 0.4) is 0 Å². The highest BCUT2D eigenvalue weighted by atomic mass is 16.5. The van der Waals surface area contributed by atoms with Crippen molar-refractivity contribution >= 4 is 11.8 Å². The van der Waals surface area contributed by atoms with Crippen LogP contribution in [0.5, 0.6) is 0 Å². The summed E-state index contributed by atoms with van der Waals surface area (Å²) >= 11 is 0. The van der Waals surface area contributed by atoms with Crippen LogP contribution in [-0.4, -0.2) is 73.1 Å². The number of benzene rings is 1. The molecule has 0 aliphatic carbocycles. The normalized spacial score (nSPS) is 20.7. The zero-order valence-electron chi connectivity index (χ0n) is 18.1. The predicted molar refractivity (Wildman–Crippen MR) is 114 cm³/mol. The lowest BCUT2D eigenvalue weighted by atomic mass is 9.98. The summed E-state index contributed by atoms with van der Waals surface area (Å²) in [5.74, 6) is 0.138. The maximum Gasteiger partial charge on any atom is 0.251 e. The summed E-state index contributed by atoms with van der Waals surface area (Å²) in [6.45, 7) is 10.4. The van der Waals surface area contributed by atoms with Crippen molar-refractivity contribution in [2.45, 2.75) is 58.5 Å². The molecule has 160 valence electrons. The molecule has 0 radical (unpaired) electrons. The number of aryl methyl sites for hydroxylation is 2. The van der Waals surface area contributed by atoms with Crippen LogP contribution >= 0.6 is 0 Å². The van der Waals surface area contributed by atoms with E-state index < -0.39 is 0 Å². The number of hydrogen-bond donors (Lipinski definition) is 1. The average Bonchev–Trinajstić information content (AvgIpc) is 2.73. The van der Waals surface area contributed by atoms with Gasteiger partial charge in [0.1, 0.15) is 0 Å². The van der Waals surface area contributed by atoms with E-state index in [1.807, 2.05) is 30.0 Å². The minimum Gasteiger partial charge on any atom is -0.381 e. The minimum atomic E-state index is -0.0194. The van der Waals surface area contributed by atoms with E-state index in [-0.39, 0.29) is 11.8 Å². The number of likely N-dealkylation sites (tertiary alicyclic amines) is 1. The fraction of sp³-hybridized carbons (Fsp3) is 0.652. The highest BCUT2D eigenvalue weighted by molar-refractivity contribution is 5.94. The van der Waals surface area contributed by atoms with Crippen LogP contribution in [0.1, 0.15) is 54.1 Å². The number of amides is 2. The Morgan fingerprint density at radius 2 is 1.90 bits per heavy atom. The van der Waals surface area contributed by atoms with Crippen LogP contribution in [0, 0.1) is 13.8 Å². The largest absolute Gasteiger partial charge is 0.381 e. The number of piperidine rings is 1. The van der Waals surface area contributed by atoms with Gasteiger partial charge < -0.3 is 15.0 Å². The van der Waals surface area contributed by atoms with Gasteiger partial charge in [0.05, 0.1) is 0 Å². The van der Waals surface area contributed by atoms with Crippen LogP contribution in [0.4, 0.5) is 0 Å². The van der Waals surface area contributed by atoms with E-state index in [1.54, 1.807) is 6.92 Å². The van der Waals surface area contributed by atoms with Crippen LogP contribution in [-0.2, 0) is 9.53 Å². The van der Waals surface area contributed by atoms with Crippen LogP contribution in [0.25, 0.3) is 0 Å². The first-order valence-electron chi connectivity index (χ1n) is 10.9. The van der Waals surface area contributed by atoms with Gasteiger partial charge in [0, 0.05) is 64.0 Å². The van der Waals surface area contributed by atoms with Gasteiger partial charge in [0.2, 0.25) is 5.91 Å². The van der Waals surface area contributed by atoms with Crippen molar-refractivity contribution in [2.24, 2.45) is 0 Å². The quantitative estimate of drug-likeness (QED) is 0.796. The fourth-order valence-corrected chi connectivity index (χ4v) is 4.47. The number of hydrogen-bond acceptors (Lipinski definition) is 4. The summed E-state index contributed by atoms with van der Waals surface area (Å²) in [6.07, 6.45) is 4.18. The second-order valence-corrected chi connectivity index (χ2v) is 8.40. The van der Waals surface area contributed by atoms with Crippen molar-refractivity contribution < 1.29 is 14.3 Å². The van der Waals surface area contributed by atoms with E-state index in [2.05, 4.69) is 17.1 Å². The third-order valence-electron chi connectivity index (χ3n) is 6.40. The Labute approximate surface area is 174 Å². The zero-order valence-corrected chi connectivity index (χ0v) is 18.1. The highest BCUT2D eigenvalue weighted by Gasteiger charge is 2.31. The number of carbonyl (C=O) groups is 2. The lowest BCUT2D eigenvalue weighted by Crippen LogP contribution is -2.55. The Morgan fingerprint density at radius 1 is 1.14 bits per heavy atom. The Balaban J connectivity index is 1.61. The topological polar surface area (TPSA) is 61.9 Å². The third kappa shape index (κ3) is 5.80. The van der Waals surface area contributed by atoms with Gasteiger partial charge in [-0.2, -0.15) is 0 Å². The molecule has 6 nitrogen and oxygen atoms in total. The molecule has 0 spiro atoms. The standard InChI is InChI=1S/C23H35N3O3/c1-17-6-7-20(15-18(17)2)23(28)24-10-12-26(21-8-13-29-14-9-21)22-5-4-11-25(16-22)19(3)27/h6-7,15,21-22H,4-5,8-14,16H2,1-3H3,(H,24,28). The van der Waals surface area contributed by atoms with Crippen molar-refractivity contribution in [3.05, 3.63) is 34.9 Å². The Morgan fingerprint density at radius 3 is 2.59 bits per heavy atom. The van der Waals surface area contributed by atoms with Gasteiger partial charge in [0.25, 0.3) is 5.91 Å². The molecule has 6 heteroatoms. The number of carbonyl (C=O) groups excluding carboxylic acids is 2. The number of rotatable bonds is 6. The van der Waals surface area contributed by atoms with Gasteiger partial charge >= 0.3 is 0 Å². The van der Waals surface area contributed by atoms with Crippen LogP contribution < -0.4 is 5.32 Å². The summed E-state index contributed by atoms with van der Waals surface area (Å²) in [7, 11) is 0. The first-order valence-corrected chi connectivity index (χ1v) is 10.9. The van der Waals surface area contributed by atoms with E-state index in [4.69, 9.17) is 4.74 Å². The first kappa shape index (κ1) is 21.8. The number of ether oxygens (including phenoxy) is 1. The molecule has 2 aliphatic heterocycles. The van der Waals surface area contributed by atoms with Crippen molar-refractivity contribution in [2.75, 3.05) is 39.4 Å². The van der Waals surface area contributed by atoms with E-state index in [9.17, 15) is 9.59 Å². The summed E-state index contributed by atoms with van der Waals surface area (Å²) in [5, 5.41) is 3.10. The molecule has 0 aromatic heterocycles. The van der Waals surface area contributed by atoms with Crippen molar-refractivity contribution in [1.82, 2.24) is 15.1 Å². The van der Waals surface area contributed by atoms with Crippen molar-refractivity contribution in [3.63, 3.8) is 0 Å². The maximum atomic E-state index is 12.6. The van der Waals surface area contributed by atoms with E-state index in [1.165, 1.54) is 5.56 Å². The molecule has 2 aliphatic rings. The zero-order chi connectivity index (χ0) is 20.8. The van der Waals surface area contributed by atoms with Crippen LogP contribution in [0.15, 0.2) is 18.2 Å². The second-order valence-electron chi connectivity index (χ2n) is 8.40. The third-order valence-corrected chi connectivity index (χ3v) is 6.40. The van der Waals surface area contributed by atoms with E-state index >= 15 is 0 Å². The Kier molecular flexibility index (Phi) is 7.67. The Hall–Kier alpha value is -1.92. The molecule has 0 saturated carbocycles. The minimum absolute atomic E-state index is 0.0194. The van der Waals surface area contributed by atoms with Crippen LogP contribution in [0.2, 0.25) is 0 Å². The number of nitrogens with zero attached hydrogens (tertiary/aromatic N) is 2. The monoisotopic (exact) mass is 401 g/mol. The molecular formula is C23H35N3O3. The molecule has 0 bridgehead atoms. The molecular weight excluding hydrogens is 366 g/mol. The average molecular weight is 402 g/mol. The molecule has 2 amide bonds. The molecule has 1 atom stereocenters. The fourth-order valence-electron chi connectivity index (χ4n) is 4.47. The van der Waals surface area contributed by atoms with E-state index in [0.29, 0.717) is 24.2 Å². The Bertz CT molecular complexity index is 715. The smallest absolute Gasteiger partial charge is 0.251 e.